The molecule has 1 atom stereocenters. The third-order valence-corrected chi connectivity index (χ3v) is 4.12. The molecule has 1 saturated heterocycles. The van der Waals surface area contributed by atoms with Crippen molar-refractivity contribution in [2.45, 2.75) is 32.0 Å². The molecule has 0 aliphatic carbocycles. The van der Waals surface area contributed by atoms with Crippen LogP contribution in [0.3, 0.4) is 0 Å². The lowest BCUT2D eigenvalue weighted by molar-refractivity contribution is -0.139. The zero-order valence-corrected chi connectivity index (χ0v) is 15.3. The summed E-state index contributed by atoms with van der Waals surface area (Å²) in [5.41, 5.74) is -0.904. The van der Waals surface area contributed by atoms with Gasteiger partial charge in [0.2, 0.25) is 11.8 Å². The molecule has 7 nitrogen and oxygen atoms in total. The predicted octanol–water partition coefficient (Wildman–Crippen LogP) is 1.66. The van der Waals surface area contributed by atoms with E-state index in [0.717, 1.165) is 12.5 Å². The summed E-state index contributed by atoms with van der Waals surface area (Å²) < 4.78 is 43.8. The Labute approximate surface area is 156 Å². The van der Waals surface area contributed by atoms with Crippen molar-refractivity contribution in [3.63, 3.8) is 0 Å². The quantitative estimate of drug-likeness (QED) is 0.441. The minimum Gasteiger partial charge on any atom is -0.475 e. The van der Waals surface area contributed by atoms with Crippen LogP contribution in [0.2, 0.25) is 0 Å². The number of aromatic nitrogens is 1. The summed E-state index contributed by atoms with van der Waals surface area (Å²) in [4.78, 5) is 21.2. The maximum Gasteiger partial charge on any atom is 0.421 e. The summed E-state index contributed by atoms with van der Waals surface area (Å²) >= 11 is 0. The Hall–Kier alpha value is -2.52. The highest BCUT2D eigenvalue weighted by Gasteiger charge is 2.35. The van der Waals surface area contributed by atoms with Crippen LogP contribution in [0.5, 0.6) is 5.88 Å². The first-order valence-electron chi connectivity index (χ1n) is 8.75. The lowest BCUT2D eigenvalue weighted by Gasteiger charge is -2.19. The number of carbonyl (C=O) groups is 1. The molecule has 0 saturated carbocycles. The van der Waals surface area contributed by atoms with Gasteiger partial charge >= 0.3 is 6.18 Å². The molecule has 1 aromatic heterocycles. The van der Waals surface area contributed by atoms with Crippen LogP contribution < -0.4 is 15.4 Å². The van der Waals surface area contributed by atoms with Crippen LogP contribution in [0.4, 0.5) is 13.2 Å². The van der Waals surface area contributed by atoms with Gasteiger partial charge in [0, 0.05) is 38.8 Å². The van der Waals surface area contributed by atoms with Gasteiger partial charge in [0.05, 0.1) is 6.54 Å². The van der Waals surface area contributed by atoms with Crippen molar-refractivity contribution in [3.05, 3.63) is 23.9 Å². The molecule has 0 spiro atoms. The molecule has 0 aromatic carbocycles. The number of hydrogen-bond acceptors (Lipinski definition) is 4. The monoisotopic (exact) mass is 387 g/mol. The molecule has 1 aromatic rings. The topological polar surface area (TPSA) is 78.9 Å². The van der Waals surface area contributed by atoms with Gasteiger partial charge in [-0.3, -0.25) is 9.79 Å². The van der Waals surface area contributed by atoms with Crippen LogP contribution in [0.25, 0.3) is 0 Å². The van der Waals surface area contributed by atoms with Crippen LogP contribution in [-0.2, 0) is 11.0 Å². The standard InChI is InChI=1S/C17H24F3N5O2/c1-3-14(26)25-9-6-12(11-25)24-16(21-2)23-8-10-27-15-13(17(18,19)20)5-4-7-22-15/h4-5,7,12H,3,6,8-11H2,1-2H3,(H2,21,23,24). The van der Waals surface area contributed by atoms with Gasteiger partial charge < -0.3 is 20.3 Å². The molecule has 1 aliphatic rings. The smallest absolute Gasteiger partial charge is 0.421 e. The van der Waals surface area contributed by atoms with Crippen LogP contribution in [-0.4, -0.2) is 61.1 Å². The maximum absolute atomic E-state index is 12.9. The van der Waals surface area contributed by atoms with E-state index >= 15 is 0 Å². The minimum absolute atomic E-state index is 0.00803. The van der Waals surface area contributed by atoms with Crippen LogP contribution in [0.1, 0.15) is 25.3 Å². The summed E-state index contributed by atoms with van der Waals surface area (Å²) in [6, 6.07) is 2.23. The van der Waals surface area contributed by atoms with Crippen molar-refractivity contribution < 1.29 is 22.7 Å². The Morgan fingerprint density at radius 1 is 1.48 bits per heavy atom. The molecule has 1 unspecified atom stereocenters. The molecular weight excluding hydrogens is 363 g/mol. The first-order valence-corrected chi connectivity index (χ1v) is 8.75. The second-order valence-corrected chi connectivity index (χ2v) is 6.02. The number of carbonyl (C=O) groups excluding carboxylic acids is 1. The van der Waals surface area contributed by atoms with Crippen molar-refractivity contribution in [2.75, 3.05) is 33.3 Å². The average Bonchev–Trinajstić information content (AvgIpc) is 3.11. The summed E-state index contributed by atoms with van der Waals surface area (Å²) in [6.45, 7) is 3.37. The second-order valence-electron chi connectivity index (χ2n) is 6.02. The molecule has 10 heteroatoms. The van der Waals surface area contributed by atoms with E-state index < -0.39 is 17.6 Å². The number of aliphatic imine (C=N–C) groups is 1. The van der Waals surface area contributed by atoms with Crippen LogP contribution in [0.15, 0.2) is 23.3 Å². The summed E-state index contributed by atoms with van der Waals surface area (Å²) in [6.07, 6.45) is -1.98. The van der Waals surface area contributed by atoms with Gasteiger partial charge in [0.1, 0.15) is 12.2 Å². The van der Waals surface area contributed by atoms with Gasteiger partial charge in [-0.1, -0.05) is 6.92 Å². The Bertz CT molecular complexity index is 666. The highest BCUT2D eigenvalue weighted by atomic mass is 19.4. The molecule has 2 heterocycles. The molecule has 2 N–H and O–H groups in total. The first kappa shape index (κ1) is 20.8. The van der Waals surface area contributed by atoms with Crippen molar-refractivity contribution >= 4 is 11.9 Å². The normalized spacial score (nSPS) is 17.7. The number of rotatable bonds is 6. The summed E-state index contributed by atoms with van der Waals surface area (Å²) in [5, 5.41) is 6.19. The Morgan fingerprint density at radius 3 is 2.93 bits per heavy atom. The van der Waals surface area contributed by atoms with E-state index in [9.17, 15) is 18.0 Å². The molecule has 2 rings (SSSR count). The number of nitrogens with one attached hydrogen (secondary N) is 2. The fraction of sp³-hybridized carbons (Fsp3) is 0.588. The van der Waals surface area contributed by atoms with Gasteiger partial charge in [-0.2, -0.15) is 13.2 Å². The zero-order chi connectivity index (χ0) is 19.9. The predicted molar refractivity (Wildman–Crippen MR) is 94.5 cm³/mol. The van der Waals surface area contributed by atoms with Crippen molar-refractivity contribution in [1.82, 2.24) is 20.5 Å². The van der Waals surface area contributed by atoms with Gasteiger partial charge in [0.25, 0.3) is 0 Å². The molecule has 0 bridgehead atoms. The number of alkyl halides is 3. The minimum atomic E-state index is -4.51. The summed E-state index contributed by atoms with van der Waals surface area (Å²) in [7, 11) is 1.60. The van der Waals surface area contributed by atoms with Gasteiger partial charge in [-0.15, -0.1) is 0 Å². The van der Waals surface area contributed by atoms with E-state index in [4.69, 9.17) is 4.74 Å². The van der Waals surface area contributed by atoms with Crippen LogP contribution >= 0.6 is 0 Å². The lowest BCUT2D eigenvalue weighted by atomic mass is 10.2. The van der Waals surface area contributed by atoms with E-state index in [2.05, 4.69) is 20.6 Å². The van der Waals surface area contributed by atoms with E-state index in [-0.39, 0.29) is 25.1 Å². The van der Waals surface area contributed by atoms with Gasteiger partial charge in [0.15, 0.2) is 5.96 Å². The second kappa shape index (κ2) is 9.43. The molecule has 150 valence electrons. The molecule has 1 amide bonds. The number of ether oxygens (including phenoxy) is 1. The Morgan fingerprint density at radius 2 is 2.26 bits per heavy atom. The fourth-order valence-electron chi connectivity index (χ4n) is 2.75. The molecular formula is C17H24F3N5O2. The first-order chi connectivity index (χ1) is 12.8. The van der Waals surface area contributed by atoms with Gasteiger partial charge in [-0.25, -0.2) is 4.98 Å². The zero-order valence-electron chi connectivity index (χ0n) is 15.3. The van der Waals surface area contributed by atoms with E-state index in [1.165, 1.54) is 12.3 Å². The number of amides is 1. The van der Waals surface area contributed by atoms with Crippen molar-refractivity contribution in [2.24, 2.45) is 4.99 Å². The SMILES string of the molecule is CCC(=O)N1CCC(NC(=NC)NCCOc2ncccc2C(F)(F)F)C1. The number of likely N-dealkylation sites (tertiary alicyclic amines) is 1. The van der Waals surface area contributed by atoms with Gasteiger partial charge in [-0.05, 0) is 18.6 Å². The van der Waals surface area contributed by atoms with E-state index in [1.807, 2.05) is 6.92 Å². The van der Waals surface area contributed by atoms with Crippen molar-refractivity contribution in [1.29, 1.82) is 0 Å². The maximum atomic E-state index is 12.9. The largest absolute Gasteiger partial charge is 0.475 e. The highest BCUT2D eigenvalue weighted by Crippen LogP contribution is 2.34. The third kappa shape index (κ3) is 6.00. The van der Waals surface area contributed by atoms with Crippen molar-refractivity contribution in [3.8, 4) is 5.88 Å². The number of halogens is 3. The Balaban J connectivity index is 1.77. The fourth-order valence-corrected chi connectivity index (χ4v) is 2.75. The molecule has 1 aliphatic heterocycles. The molecule has 0 radical (unpaired) electrons. The van der Waals surface area contributed by atoms with E-state index in [0.29, 0.717) is 25.5 Å². The third-order valence-electron chi connectivity index (χ3n) is 4.12. The summed E-state index contributed by atoms with van der Waals surface area (Å²) in [5.74, 6) is 0.178. The average molecular weight is 387 g/mol. The number of guanidine groups is 1. The number of hydrogen-bond donors (Lipinski definition) is 2. The molecule has 1 fully saturated rings. The van der Waals surface area contributed by atoms with E-state index in [1.54, 1.807) is 11.9 Å². The highest BCUT2D eigenvalue weighted by molar-refractivity contribution is 5.80. The van der Waals surface area contributed by atoms with Crippen LogP contribution in [0, 0.1) is 0 Å². The number of nitrogens with zero attached hydrogens (tertiary/aromatic N) is 3. The lowest BCUT2D eigenvalue weighted by Crippen LogP contribution is -2.46. The number of pyridine rings is 1. The Kier molecular flexibility index (Phi) is 7.26. The molecule has 27 heavy (non-hydrogen) atoms.